The zero-order valence-corrected chi connectivity index (χ0v) is 29.7. The minimum absolute atomic E-state index is 0.129. The number of carboxylic acid groups (broad SMARTS) is 1. The van der Waals surface area contributed by atoms with E-state index in [2.05, 4.69) is 61.7 Å². The van der Waals surface area contributed by atoms with Crippen LogP contribution in [0.2, 0.25) is 0 Å². The van der Waals surface area contributed by atoms with Crippen LogP contribution in [0.15, 0.2) is 48.6 Å². The molecule has 6 heteroatoms. The summed E-state index contributed by atoms with van der Waals surface area (Å²) in [6, 6.07) is 0. The van der Waals surface area contributed by atoms with Gasteiger partial charge in [-0.2, -0.15) is 0 Å². The molecule has 0 aromatic rings. The number of amides is 1. The lowest BCUT2D eigenvalue weighted by atomic mass is 10.0. The molecular formula is C40H69NO5. The van der Waals surface area contributed by atoms with Crippen molar-refractivity contribution in [3.8, 4) is 0 Å². The summed E-state index contributed by atoms with van der Waals surface area (Å²) in [6.45, 7) is 4.06. The zero-order chi connectivity index (χ0) is 33.8. The van der Waals surface area contributed by atoms with Gasteiger partial charge in [-0.3, -0.25) is 14.4 Å². The van der Waals surface area contributed by atoms with Crippen LogP contribution in [0, 0.1) is 0 Å². The van der Waals surface area contributed by atoms with Gasteiger partial charge in [-0.05, 0) is 57.4 Å². The first-order valence-corrected chi connectivity index (χ1v) is 18.8. The Kier molecular flexibility index (Phi) is 33.2. The number of hydrogen-bond acceptors (Lipinski definition) is 4. The number of unbranched alkanes of at least 4 members (excludes halogenated alkanes) is 16. The van der Waals surface area contributed by atoms with Gasteiger partial charge in [-0.25, -0.2) is 0 Å². The molecule has 0 bridgehead atoms. The first-order chi connectivity index (χ1) is 22.5. The monoisotopic (exact) mass is 644 g/mol. The number of rotatable bonds is 33. The average Bonchev–Trinajstić information content (AvgIpc) is 3.04. The number of hydrogen-bond donors (Lipinski definition) is 2. The SMILES string of the molecule is CC/C=C\C/C=C\C/C=C\C/C=C\C(CCCCCC(=O)NCC(=O)O)OC(=O)CCCCCCCCCCCCCCCCC. The fourth-order valence-corrected chi connectivity index (χ4v) is 5.25. The Bertz CT molecular complexity index is 845. The zero-order valence-electron chi connectivity index (χ0n) is 29.7. The summed E-state index contributed by atoms with van der Waals surface area (Å²) in [4.78, 5) is 34.9. The summed E-state index contributed by atoms with van der Waals surface area (Å²) >= 11 is 0. The Labute approximate surface area is 282 Å². The first-order valence-electron chi connectivity index (χ1n) is 18.8. The molecule has 2 N–H and O–H groups in total. The van der Waals surface area contributed by atoms with Crippen molar-refractivity contribution < 1.29 is 24.2 Å². The van der Waals surface area contributed by atoms with Crippen LogP contribution in [0.5, 0.6) is 0 Å². The van der Waals surface area contributed by atoms with E-state index >= 15 is 0 Å². The second-order valence-electron chi connectivity index (χ2n) is 12.5. The van der Waals surface area contributed by atoms with Crippen molar-refractivity contribution >= 4 is 17.8 Å². The number of carboxylic acids is 1. The Morgan fingerprint density at radius 3 is 1.57 bits per heavy atom. The van der Waals surface area contributed by atoms with Crippen molar-refractivity contribution in [2.24, 2.45) is 0 Å². The third kappa shape index (κ3) is 34.2. The Balaban J connectivity index is 4.26. The minimum atomic E-state index is -1.04. The van der Waals surface area contributed by atoms with Gasteiger partial charge < -0.3 is 15.2 Å². The first kappa shape index (κ1) is 43.4. The Morgan fingerprint density at radius 1 is 0.587 bits per heavy atom. The van der Waals surface area contributed by atoms with E-state index < -0.39 is 5.97 Å². The van der Waals surface area contributed by atoms with Crippen LogP contribution in [0.3, 0.4) is 0 Å². The quantitative estimate of drug-likeness (QED) is 0.0422. The maximum absolute atomic E-state index is 12.6. The second-order valence-corrected chi connectivity index (χ2v) is 12.5. The van der Waals surface area contributed by atoms with E-state index in [9.17, 15) is 14.4 Å². The summed E-state index contributed by atoms with van der Waals surface area (Å²) in [5.41, 5.74) is 0. The van der Waals surface area contributed by atoms with Crippen molar-refractivity contribution in [1.29, 1.82) is 0 Å². The smallest absolute Gasteiger partial charge is 0.322 e. The van der Waals surface area contributed by atoms with E-state index in [1.54, 1.807) is 0 Å². The predicted molar refractivity (Wildman–Crippen MR) is 194 cm³/mol. The summed E-state index contributed by atoms with van der Waals surface area (Å²) in [5, 5.41) is 11.1. The molecule has 6 nitrogen and oxygen atoms in total. The highest BCUT2D eigenvalue weighted by molar-refractivity contribution is 5.80. The van der Waals surface area contributed by atoms with E-state index in [0.29, 0.717) is 19.3 Å². The summed E-state index contributed by atoms with van der Waals surface area (Å²) in [7, 11) is 0. The molecule has 0 saturated heterocycles. The number of esters is 1. The molecule has 0 aliphatic rings. The van der Waals surface area contributed by atoms with Crippen LogP contribution in [-0.4, -0.2) is 35.6 Å². The van der Waals surface area contributed by atoms with Gasteiger partial charge >= 0.3 is 11.9 Å². The average molecular weight is 644 g/mol. The van der Waals surface area contributed by atoms with Crippen LogP contribution >= 0.6 is 0 Å². The number of nitrogens with one attached hydrogen (secondary N) is 1. The molecule has 0 saturated carbocycles. The molecule has 0 heterocycles. The standard InChI is InChI=1S/C40H69NO5/c1-3-5-7-9-11-13-15-16-17-18-20-22-24-26-31-35-40(45)46-37(33-29-27-30-34-38(42)41-36-39(43)44)32-28-25-23-21-19-14-12-10-8-6-4-2/h6,8,12,14,21,23,28,32,37H,3-5,7,9-11,13,15-20,22,24-27,29-31,33-36H2,1-2H3,(H,41,42)(H,43,44)/b8-6-,14-12-,23-21-,32-28-. The van der Waals surface area contributed by atoms with Crippen LogP contribution in [-0.2, 0) is 19.1 Å². The number of allylic oxidation sites excluding steroid dienone is 7. The number of carbonyl (C=O) groups excluding carboxylic acids is 2. The molecule has 46 heavy (non-hydrogen) atoms. The van der Waals surface area contributed by atoms with Gasteiger partial charge in [0.1, 0.15) is 12.6 Å². The molecule has 0 fully saturated rings. The molecule has 0 rings (SSSR count). The lowest BCUT2D eigenvalue weighted by Gasteiger charge is -2.14. The molecule has 0 radical (unpaired) electrons. The molecule has 0 aliphatic carbocycles. The third-order valence-corrected chi connectivity index (χ3v) is 8.00. The largest absolute Gasteiger partial charge is 0.480 e. The molecule has 1 atom stereocenters. The minimum Gasteiger partial charge on any atom is -0.480 e. The fraction of sp³-hybridized carbons (Fsp3) is 0.725. The summed E-state index contributed by atoms with van der Waals surface area (Å²) in [6.07, 6.45) is 43.8. The van der Waals surface area contributed by atoms with E-state index in [1.807, 2.05) is 6.08 Å². The van der Waals surface area contributed by atoms with Gasteiger partial charge in [-0.1, -0.05) is 153 Å². The fourth-order valence-electron chi connectivity index (χ4n) is 5.25. The molecule has 0 aromatic heterocycles. The van der Waals surface area contributed by atoms with Gasteiger partial charge in [0.15, 0.2) is 0 Å². The molecule has 0 aliphatic heterocycles. The van der Waals surface area contributed by atoms with E-state index in [0.717, 1.165) is 57.8 Å². The van der Waals surface area contributed by atoms with Crippen LogP contribution in [0.25, 0.3) is 0 Å². The normalized spacial score (nSPS) is 12.6. The second kappa shape index (κ2) is 35.2. The third-order valence-electron chi connectivity index (χ3n) is 8.00. The van der Waals surface area contributed by atoms with E-state index in [1.165, 1.54) is 83.5 Å². The van der Waals surface area contributed by atoms with Crippen molar-refractivity contribution in [2.75, 3.05) is 6.54 Å². The molecule has 1 amide bonds. The maximum atomic E-state index is 12.6. The lowest BCUT2D eigenvalue weighted by Crippen LogP contribution is -2.28. The number of aliphatic carboxylic acids is 1. The van der Waals surface area contributed by atoms with Gasteiger partial charge in [0.05, 0.1) is 0 Å². The molecular weight excluding hydrogens is 574 g/mol. The van der Waals surface area contributed by atoms with Crippen molar-refractivity contribution in [2.45, 2.75) is 180 Å². The van der Waals surface area contributed by atoms with Crippen LogP contribution in [0.4, 0.5) is 0 Å². The van der Waals surface area contributed by atoms with E-state index in [4.69, 9.17) is 9.84 Å². The van der Waals surface area contributed by atoms with E-state index in [-0.39, 0.29) is 24.5 Å². The number of carbonyl (C=O) groups is 3. The molecule has 1 unspecified atom stereocenters. The number of ether oxygens (including phenoxy) is 1. The summed E-state index contributed by atoms with van der Waals surface area (Å²) < 4.78 is 5.84. The van der Waals surface area contributed by atoms with Crippen molar-refractivity contribution in [3.63, 3.8) is 0 Å². The van der Waals surface area contributed by atoms with Gasteiger partial charge in [0.2, 0.25) is 5.91 Å². The van der Waals surface area contributed by atoms with Gasteiger partial charge in [0, 0.05) is 12.8 Å². The van der Waals surface area contributed by atoms with Crippen molar-refractivity contribution in [3.05, 3.63) is 48.6 Å². The van der Waals surface area contributed by atoms with Crippen LogP contribution < -0.4 is 5.32 Å². The Hall–Kier alpha value is -2.63. The van der Waals surface area contributed by atoms with Crippen molar-refractivity contribution in [1.82, 2.24) is 5.32 Å². The van der Waals surface area contributed by atoms with Crippen LogP contribution in [0.1, 0.15) is 174 Å². The van der Waals surface area contributed by atoms with Gasteiger partial charge in [-0.15, -0.1) is 0 Å². The lowest BCUT2D eigenvalue weighted by molar-refractivity contribution is -0.147. The molecule has 264 valence electrons. The highest BCUT2D eigenvalue weighted by Crippen LogP contribution is 2.15. The topological polar surface area (TPSA) is 92.7 Å². The maximum Gasteiger partial charge on any atom is 0.322 e. The summed E-state index contributed by atoms with van der Waals surface area (Å²) in [5.74, 6) is -1.41. The molecule has 0 aromatic carbocycles. The predicted octanol–water partition coefficient (Wildman–Crippen LogP) is 11.1. The highest BCUT2D eigenvalue weighted by atomic mass is 16.5. The van der Waals surface area contributed by atoms with Gasteiger partial charge in [0.25, 0.3) is 0 Å². The highest BCUT2D eigenvalue weighted by Gasteiger charge is 2.12. The molecule has 0 spiro atoms. The Morgan fingerprint density at radius 2 is 1.04 bits per heavy atom.